The molecule has 0 saturated carbocycles. The summed E-state index contributed by atoms with van der Waals surface area (Å²) in [5.74, 6) is 2.46. The Labute approximate surface area is 298 Å². The molecular weight excluding hydrogens is 654 g/mol. The molecule has 1 amide bonds. The highest BCUT2D eigenvalue weighted by Gasteiger charge is 2.48. The highest BCUT2D eigenvalue weighted by Crippen LogP contribution is 2.56. The van der Waals surface area contributed by atoms with Gasteiger partial charge in [0.05, 0.1) is 61.4 Å². The van der Waals surface area contributed by atoms with Gasteiger partial charge >= 0.3 is 5.97 Å². The van der Waals surface area contributed by atoms with Gasteiger partial charge in [0.1, 0.15) is 12.4 Å². The average Bonchev–Trinajstić information content (AvgIpc) is 3.15. The molecule has 1 fully saturated rings. The number of carbonyl (C=O) groups is 2. The van der Waals surface area contributed by atoms with Crippen LogP contribution >= 0.6 is 0 Å². The predicted octanol–water partition coefficient (Wildman–Crippen LogP) is 6.51. The SMILES string of the molecule is COc1cc(C[C@H]2CC[C@H]3Cc4c(OC)c(OC)c(OC)c(OC)c4[C@@H](COC(=O)c4cccc5ccccc45)N3C2=O)c(OC)c(C)c1OC. The number of ether oxygens (including phenoxy) is 8. The van der Waals surface area contributed by atoms with Gasteiger partial charge in [-0.3, -0.25) is 4.79 Å². The third-order valence-electron chi connectivity index (χ3n) is 10.2. The second-order valence-electron chi connectivity index (χ2n) is 12.7. The molecule has 0 aromatic heterocycles. The third kappa shape index (κ3) is 6.08. The van der Waals surface area contributed by atoms with Gasteiger partial charge in [-0.2, -0.15) is 0 Å². The summed E-state index contributed by atoms with van der Waals surface area (Å²) in [5.41, 5.74) is 3.55. The summed E-state index contributed by atoms with van der Waals surface area (Å²) in [6.07, 6.45) is 2.24. The molecule has 1 saturated heterocycles. The Morgan fingerprint density at radius 3 is 2.06 bits per heavy atom. The number of carbonyl (C=O) groups excluding carboxylic acids is 2. The van der Waals surface area contributed by atoms with Gasteiger partial charge in [-0.05, 0) is 61.1 Å². The van der Waals surface area contributed by atoms with Gasteiger partial charge in [-0.15, -0.1) is 0 Å². The summed E-state index contributed by atoms with van der Waals surface area (Å²) in [5, 5.41) is 1.71. The van der Waals surface area contributed by atoms with E-state index in [1.807, 2.05) is 54.3 Å². The van der Waals surface area contributed by atoms with Gasteiger partial charge in [-0.1, -0.05) is 36.4 Å². The highest BCUT2D eigenvalue weighted by atomic mass is 16.5. The molecule has 51 heavy (non-hydrogen) atoms. The Kier molecular flexibility index (Phi) is 10.4. The van der Waals surface area contributed by atoms with E-state index in [1.165, 1.54) is 7.11 Å². The van der Waals surface area contributed by atoms with Crippen LogP contribution in [0.25, 0.3) is 10.8 Å². The lowest BCUT2D eigenvalue weighted by molar-refractivity contribution is -0.147. The molecule has 0 N–H and O–H groups in total. The van der Waals surface area contributed by atoms with Crippen molar-refractivity contribution in [3.8, 4) is 40.2 Å². The maximum atomic E-state index is 14.8. The molecule has 2 aliphatic rings. The first-order valence-electron chi connectivity index (χ1n) is 16.9. The second-order valence-corrected chi connectivity index (χ2v) is 12.7. The van der Waals surface area contributed by atoms with Gasteiger partial charge in [-0.25, -0.2) is 4.79 Å². The number of rotatable bonds is 12. The van der Waals surface area contributed by atoms with Crippen molar-refractivity contribution in [3.05, 3.63) is 76.3 Å². The maximum Gasteiger partial charge on any atom is 0.338 e. The van der Waals surface area contributed by atoms with Crippen LogP contribution in [0.4, 0.5) is 0 Å². The van der Waals surface area contributed by atoms with Crippen molar-refractivity contribution < 1.29 is 47.5 Å². The summed E-state index contributed by atoms with van der Waals surface area (Å²) in [7, 11) is 11.0. The Bertz CT molecular complexity index is 1950. The molecule has 4 aromatic rings. The van der Waals surface area contributed by atoms with Crippen molar-refractivity contribution >= 4 is 22.6 Å². The smallest absolute Gasteiger partial charge is 0.338 e. The topological polar surface area (TPSA) is 111 Å². The van der Waals surface area contributed by atoms with Crippen LogP contribution < -0.4 is 33.2 Å². The summed E-state index contributed by atoms with van der Waals surface area (Å²) in [6.45, 7) is 1.78. The fourth-order valence-corrected chi connectivity index (χ4v) is 8.01. The molecule has 11 nitrogen and oxygen atoms in total. The van der Waals surface area contributed by atoms with Crippen molar-refractivity contribution in [1.29, 1.82) is 0 Å². The first-order valence-corrected chi connectivity index (χ1v) is 16.9. The summed E-state index contributed by atoms with van der Waals surface area (Å²) < 4.78 is 46.8. The van der Waals surface area contributed by atoms with E-state index in [-0.39, 0.29) is 18.6 Å². The fraction of sp³-hybridized carbons (Fsp3) is 0.400. The average molecular weight is 700 g/mol. The van der Waals surface area contributed by atoms with Crippen molar-refractivity contribution in [2.24, 2.45) is 5.92 Å². The van der Waals surface area contributed by atoms with Gasteiger partial charge in [0, 0.05) is 28.7 Å². The standard InChI is InChI=1S/C40H45NO10/c1-22-33(45-3)25(19-31(44-2)34(22)46-4)18-24-16-17-26-20-29-32(36(48-6)38(50-8)37(49-7)35(29)47-5)30(41(26)39(24)42)21-51-40(43)28-15-11-13-23-12-9-10-14-27(23)28/h9-15,19,24,26,30H,16-18,20-21H2,1-8H3/t24-,26+,30-/m1/s1. The molecule has 11 heteroatoms. The molecule has 0 radical (unpaired) electrons. The van der Waals surface area contributed by atoms with Crippen LogP contribution in [0.2, 0.25) is 0 Å². The molecule has 0 bridgehead atoms. The van der Waals surface area contributed by atoms with E-state index in [1.54, 1.807) is 48.7 Å². The number of methoxy groups -OCH3 is 7. The van der Waals surface area contributed by atoms with E-state index in [2.05, 4.69) is 0 Å². The number of nitrogens with zero attached hydrogens (tertiary/aromatic N) is 1. The van der Waals surface area contributed by atoms with E-state index >= 15 is 0 Å². The normalized spacial score (nSPS) is 18.0. The molecule has 2 heterocycles. The largest absolute Gasteiger partial charge is 0.496 e. The zero-order valence-corrected chi connectivity index (χ0v) is 30.4. The van der Waals surface area contributed by atoms with Crippen molar-refractivity contribution in [2.75, 3.05) is 56.4 Å². The molecule has 4 aromatic carbocycles. The van der Waals surface area contributed by atoms with E-state index < -0.39 is 17.9 Å². The third-order valence-corrected chi connectivity index (χ3v) is 10.2. The fourth-order valence-electron chi connectivity index (χ4n) is 8.01. The quantitative estimate of drug-likeness (QED) is 0.152. The van der Waals surface area contributed by atoms with E-state index in [9.17, 15) is 9.59 Å². The first kappa shape index (κ1) is 35.5. The van der Waals surface area contributed by atoms with E-state index in [0.717, 1.165) is 27.5 Å². The summed E-state index contributed by atoms with van der Waals surface area (Å²) >= 11 is 0. The number of piperidine rings is 1. The second kappa shape index (κ2) is 14.9. The Hall–Kier alpha value is -5.32. The Morgan fingerprint density at radius 1 is 0.745 bits per heavy atom. The number of fused-ring (bicyclic) bond motifs is 3. The molecule has 6 rings (SSSR count). The lowest BCUT2D eigenvalue weighted by Crippen LogP contribution is -2.54. The molecular formula is C40H45NO10. The van der Waals surface area contributed by atoms with Crippen LogP contribution in [-0.4, -0.2) is 79.2 Å². The van der Waals surface area contributed by atoms with Crippen LogP contribution in [0, 0.1) is 12.8 Å². The van der Waals surface area contributed by atoms with E-state index in [4.69, 9.17) is 37.9 Å². The van der Waals surface area contributed by atoms with Crippen LogP contribution in [0.5, 0.6) is 40.2 Å². The van der Waals surface area contributed by atoms with Gasteiger partial charge in [0.25, 0.3) is 0 Å². The zero-order chi connectivity index (χ0) is 36.4. The first-order chi connectivity index (χ1) is 24.8. The minimum atomic E-state index is -0.717. The Balaban J connectivity index is 1.44. The van der Waals surface area contributed by atoms with Crippen LogP contribution in [0.15, 0.2) is 48.5 Å². The number of benzene rings is 4. The van der Waals surface area contributed by atoms with Crippen molar-refractivity contribution in [1.82, 2.24) is 4.90 Å². The number of amides is 1. The van der Waals surface area contributed by atoms with Crippen LogP contribution in [0.3, 0.4) is 0 Å². The molecule has 0 aliphatic carbocycles. The zero-order valence-electron chi connectivity index (χ0n) is 30.4. The minimum absolute atomic E-state index is 0.0617. The van der Waals surface area contributed by atoms with Gasteiger partial charge in [0.2, 0.25) is 17.4 Å². The molecule has 2 aliphatic heterocycles. The number of esters is 1. The van der Waals surface area contributed by atoms with E-state index in [0.29, 0.717) is 77.1 Å². The lowest BCUT2D eigenvalue weighted by Gasteiger charge is -2.48. The predicted molar refractivity (Wildman–Crippen MR) is 191 cm³/mol. The number of hydrogen-bond donors (Lipinski definition) is 0. The molecule has 0 spiro atoms. The lowest BCUT2D eigenvalue weighted by atomic mass is 9.78. The summed E-state index contributed by atoms with van der Waals surface area (Å²) in [4.78, 5) is 30.5. The van der Waals surface area contributed by atoms with Crippen LogP contribution in [0.1, 0.15) is 51.5 Å². The minimum Gasteiger partial charge on any atom is -0.496 e. The number of hydrogen-bond acceptors (Lipinski definition) is 10. The van der Waals surface area contributed by atoms with Gasteiger partial charge in [0.15, 0.2) is 23.0 Å². The highest BCUT2D eigenvalue weighted by molar-refractivity contribution is 6.04. The molecule has 270 valence electrons. The molecule has 0 unspecified atom stereocenters. The summed E-state index contributed by atoms with van der Waals surface area (Å²) in [6, 6.07) is 14.2. The monoisotopic (exact) mass is 699 g/mol. The Morgan fingerprint density at radius 2 is 1.39 bits per heavy atom. The van der Waals surface area contributed by atoms with Gasteiger partial charge < -0.3 is 42.8 Å². The van der Waals surface area contributed by atoms with Crippen molar-refractivity contribution in [3.63, 3.8) is 0 Å². The van der Waals surface area contributed by atoms with Crippen LogP contribution in [-0.2, 0) is 22.4 Å². The maximum absolute atomic E-state index is 14.8. The molecule has 3 atom stereocenters. The van der Waals surface area contributed by atoms with Crippen molar-refractivity contribution in [2.45, 2.75) is 44.7 Å².